The van der Waals surface area contributed by atoms with Crippen LogP contribution in [0, 0.1) is 19.8 Å². The number of hydrogen-bond donors (Lipinski definition) is 2. The molecule has 1 amide bonds. The number of hydrogen-bond acceptors (Lipinski definition) is 3. The van der Waals surface area contributed by atoms with E-state index in [2.05, 4.69) is 15.7 Å². The largest absolute Gasteiger partial charge is 0.352 e. The fourth-order valence-electron chi connectivity index (χ4n) is 2.75. The summed E-state index contributed by atoms with van der Waals surface area (Å²) in [6, 6.07) is 0. The smallest absolute Gasteiger partial charge is 0.255 e. The Hall–Kier alpha value is -1.07. The Morgan fingerprint density at radius 3 is 2.80 bits per heavy atom. The fourth-order valence-corrected chi connectivity index (χ4v) is 2.75. The van der Waals surface area contributed by atoms with Gasteiger partial charge < -0.3 is 10.6 Å². The quantitative estimate of drug-likeness (QED) is 0.887. The zero-order chi connectivity index (χ0) is 13.8. The number of amides is 1. The van der Waals surface area contributed by atoms with Crippen molar-refractivity contribution < 1.29 is 4.79 Å². The molecule has 1 aliphatic heterocycles. The molecule has 0 bridgehead atoms. The minimum absolute atomic E-state index is 0. The first-order valence-electron chi connectivity index (χ1n) is 7.08. The van der Waals surface area contributed by atoms with Crippen LogP contribution in [0.15, 0.2) is 0 Å². The molecule has 0 spiro atoms. The van der Waals surface area contributed by atoms with Gasteiger partial charge in [-0.05, 0) is 52.1 Å². The van der Waals surface area contributed by atoms with Gasteiger partial charge in [-0.3, -0.25) is 9.48 Å². The molecule has 1 atom stereocenters. The van der Waals surface area contributed by atoms with Gasteiger partial charge >= 0.3 is 0 Å². The molecule has 1 aromatic heterocycles. The molecule has 0 aliphatic carbocycles. The molecule has 1 saturated heterocycles. The Balaban J connectivity index is 0.00000200. The van der Waals surface area contributed by atoms with Crippen LogP contribution >= 0.6 is 12.4 Å². The standard InChI is InChI=1S/C14H24N4O.ClH/c1-10-13(11(2)18(3)17-10)14(19)16-8-6-12-5-4-7-15-9-12;/h12,15H,4-9H2,1-3H3,(H,16,19);1H. The van der Waals surface area contributed by atoms with Crippen molar-refractivity contribution in [3.63, 3.8) is 0 Å². The molecule has 0 aromatic carbocycles. The van der Waals surface area contributed by atoms with Crippen molar-refractivity contribution in [2.45, 2.75) is 33.1 Å². The van der Waals surface area contributed by atoms with Crippen molar-refractivity contribution in [1.29, 1.82) is 0 Å². The van der Waals surface area contributed by atoms with E-state index in [1.807, 2.05) is 20.9 Å². The predicted molar refractivity (Wildman–Crippen MR) is 82.5 cm³/mol. The van der Waals surface area contributed by atoms with Crippen molar-refractivity contribution in [3.05, 3.63) is 17.0 Å². The second-order valence-electron chi connectivity index (χ2n) is 5.43. The predicted octanol–water partition coefficient (Wildman–Crippen LogP) is 1.58. The lowest BCUT2D eigenvalue weighted by Crippen LogP contribution is -2.33. The average molecular weight is 301 g/mol. The molecule has 0 radical (unpaired) electrons. The number of piperidine rings is 1. The summed E-state index contributed by atoms with van der Waals surface area (Å²) in [4.78, 5) is 12.2. The van der Waals surface area contributed by atoms with Gasteiger partial charge in [0, 0.05) is 19.3 Å². The van der Waals surface area contributed by atoms with Crippen molar-refractivity contribution in [2.24, 2.45) is 13.0 Å². The number of aromatic nitrogens is 2. The number of rotatable bonds is 4. The highest BCUT2D eigenvalue weighted by molar-refractivity contribution is 5.96. The molecule has 1 aromatic rings. The number of nitrogens with zero attached hydrogens (tertiary/aromatic N) is 2. The zero-order valence-corrected chi connectivity index (χ0v) is 13.3. The highest BCUT2D eigenvalue weighted by Crippen LogP contribution is 2.14. The highest BCUT2D eigenvalue weighted by atomic mass is 35.5. The van der Waals surface area contributed by atoms with Gasteiger partial charge in [0.1, 0.15) is 0 Å². The van der Waals surface area contributed by atoms with Crippen LogP contribution in [-0.2, 0) is 7.05 Å². The van der Waals surface area contributed by atoms with Gasteiger partial charge in [-0.1, -0.05) is 0 Å². The molecule has 1 unspecified atom stereocenters. The maximum Gasteiger partial charge on any atom is 0.255 e. The summed E-state index contributed by atoms with van der Waals surface area (Å²) in [5.74, 6) is 0.706. The van der Waals surface area contributed by atoms with Gasteiger partial charge in [-0.15, -0.1) is 12.4 Å². The number of carbonyl (C=O) groups excluding carboxylic acids is 1. The van der Waals surface area contributed by atoms with Crippen LogP contribution in [0.2, 0.25) is 0 Å². The topological polar surface area (TPSA) is 59.0 Å². The Bertz CT molecular complexity index is 452. The molecule has 2 rings (SSSR count). The zero-order valence-electron chi connectivity index (χ0n) is 12.5. The van der Waals surface area contributed by atoms with Gasteiger partial charge in [0.15, 0.2) is 0 Å². The van der Waals surface area contributed by atoms with Crippen LogP contribution in [0.5, 0.6) is 0 Å². The summed E-state index contributed by atoms with van der Waals surface area (Å²) in [5, 5.41) is 10.7. The second-order valence-corrected chi connectivity index (χ2v) is 5.43. The van der Waals surface area contributed by atoms with Crippen molar-refractivity contribution in [3.8, 4) is 0 Å². The Labute approximate surface area is 126 Å². The first kappa shape index (κ1) is 17.0. The minimum Gasteiger partial charge on any atom is -0.352 e. The lowest BCUT2D eigenvalue weighted by atomic mass is 9.96. The molecule has 2 N–H and O–H groups in total. The van der Waals surface area contributed by atoms with E-state index < -0.39 is 0 Å². The Morgan fingerprint density at radius 2 is 2.25 bits per heavy atom. The maximum absolute atomic E-state index is 12.2. The highest BCUT2D eigenvalue weighted by Gasteiger charge is 2.18. The fraction of sp³-hybridized carbons (Fsp3) is 0.714. The first-order chi connectivity index (χ1) is 9.09. The Kier molecular flexibility index (Phi) is 6.49. The van der Waals surface area contributed by atoms with Crippen LogP contribution in [0.3, 0.4) is 0 Å². The van der Waals surface area contributed by atoms with E-state index in [0.29, 0.717) is 5.92 Å². The van der Waals surface area contributed by atoms with Crippen LogP contribution in [0.4, 0.5) is 0 Å². The number of aryl methyl sites for hydroxylation is 2. The molecule has 1 fully saturated rings. The number of halogens is 1. The third kappa shape index (κ3) is 3.96. The van der Waals surface area contributed by atoms with Crippen molar-refractivity contribution in [1.82, 2.24) is 20.4 Å². The van der Waals surface area contributed by atoms with Crippen molar-refractivity contribution in [2.75, 3.05) is 19.6 Å². The van der Waals surface area contributed by atoms with Gasteiger partial charge in [-0.2, -0.15) is 5.10 Å². The average Bonchev–Trinajstić information content (AvgIpc) is 2.64. The molecule has 0 saturated carbocycles. The molecule has 2 heterocycles. The molecule has 5 nitrogen and oxygen atoms in total. The van der Waals surface area contributed by atoms with E-state index in [9.17, 15) is 4.79 Å². The third-order valence-corrected chi connectivity index (χ3v) is 3.97. The van der Waals surface area contributed by atoms with E-state index in [1.165, 1.54) is 12.8 Å². The molecule has 114 valence electrons. The van der Waals surface area contributed by atoms with Crippen LogP contribution in [-0.4, -0.2) is 35.3 Å². The van der Waals surface area contributed by atoms with Gasteiger partial charge in [0.25, 0.3) is 5.91 Å². The number of carbonyl (C=O) groups is 1. The summed E-state index contributed by atoms with van der Waals surface area (Å²) >= 11 is 0. The normalized spacial score (nSPS) is 18.4. The summed E-state index contributed by atoms with van der Waals surface area (Å²) in [5.41, 5.74) is 2.45. The lowest BCUT2D eigenvalue weighted by Gasteiger charge is -2.22. The molecule has 6 heteroatoms. The third-order valence-electron chi connectivity index (χ3n) is 3.97. The van der Waals surface area contributed by atoms with Gasteiger partial charge in [0.2, 0.25) is 0 Å². The van der Waals surface area contributed by atoms with E-state index in [4.69, 9.17) is 0 Å². The van der Waals surface area contributed by atoms with Crippen LogP contribution in [0.25, 0.3) is 0 Å². The van der Waals surface area contributed by atoms with E-state index in [-0.39, 0.29) is 18.3 Å². The minimum atomic E-state index is 0. The summed E-state index contributed by atoms with van der Waals surface area (Å²) < 4.78 is 1.76. The monoisotopic (exact) mass is 300 g/mol. The van der Waals surface area contributed by atoms with E-state index >= 15 is 0 Å². The Morgan fingerprint density at radius 1 is 1.50 bits per heavy atom. The number of nitrogens with one attached hydrogen (secondary N) is 2. The van der Waals surface area contributed by atoms with E-state index in [0.717, 1.165) is 43.0 Å². The summed E-state index contributed by atoms with van der Waals surface area (Å²) in [6.07, 6.45) is 3.57. The van der Waals surface area contributed by atoms with Crippen molar-refractivity contribution >= 4 is 18.3 Å². The molecular formula is C14H25ClN4O. The molecule has 20 heavy (non-hydrogen) atoms. The first-order valence-corrected chi connectivity index (χ1v) is 7.08. The van der Waals surface area contributed by atoms with Gasteiger partial charge in [-0.25, -0.2) is 0 Å². The second kappa shape index (κ2) is 7.64. The van der Waals surface area contributed by atoms with E-state index in [1.54, 1.807) is 4.68 Å². The summed E-state index contributed by atoms with van der Waals surface area (Å²) in [7, 11) is 1.87. The molecular weight excluding hydrogens is 276 g/mol. The van der Waals surface area contributed by atoms with Crippen LogP contribution < -0.4 is 10.6 Å². The SMILES string of the molecule is Cc1nn(C)c(C)c1C(=O)NCCC1CCCNC1.Cl. The maximum atomic E-state index is 12.2. The van der Waals surface area contributed by atoms with Gasteiger partial charge in [0.05, 0.1) is 11.3 Å². The molecule has 1 aliphatic rings. The summed E-state index contributed by atoms with van der Waals surface area (Å²) in [6.45, 7) is 6.78. The van der Waals surface area contributed by atoms with Crippen LogP contribution in [0.1, 0.15) is 41.0 Å². The lowest BCUT2D eigenvalue weighted by molar-refractivity contribution is 0.0949.